The van der Waals surface area contributed by atoms with Crippen molar-refractivity contribution >= 4 is 18.1 Å². The van der Waals surface area contributed by atoms with E-state index in [0.717, 1.165) is 17.1 Å². The molecule has 3 aromatic heterocycles. The van der Waals surface area contributed by atoms with Crippen LogP contribution in [0, 0.1) is 0 Å². The Hall–Kier alpha value is -4.60. The van der Waals surface area contributed by atoms with Gasteiger partial charge in [0.15, 0.2) is 0 Å². The van der Waals surface area contributed by atoms with E-state index in [1.165, 1.54) is 0 Å². The number of hydrogen-bond acceptors (Lipinski definition) is 7. The zero-order valence-electron chi connectivity index (χ0n) is 25.3. The molecule has 6 amide bonds. The second-order valence-corrected chi connectivity index (χ2v) is 10.2. The molecule has 16 nitrogen and oxygen atoms in total. The SMILES string of the molecule is Cn1cnc(CCNC(=O)NCCN(CCNC(=O)NCCc2cn(C)cn2)CCNC(=O)NCCc2cn(C)cn2)c1. The van der Waals surface area contributed by atoms with E-state index in [2.05, 4.69) is 51.8 Å². The summed E-state index contributed by atoms with van der Waals surface area (Å²) in [4.78, 5) is 51.5. The molecule has 0 aliphatic rings. The minimum atomic E-state index is -0.258. The van der Waals surface area contributed by atoms with Gasteiger partial charge in [-0.3, -0.25) is 4.90 Å². The molecule has 0 unspecified atom stereocenters. The normalized spacial score (nSPS) is 10.9. The predicted molar refractivity (Wildman–Crippen MR) is 161 cm³/mol. The fourth-order valence-electron chi connectivity index (χ4n) is 4.21. The van der Waals surface area contributed by atoms with Crippen LogP contribution in [0.5, 0.6) is 0 Å². The van der Waals surface area contributed by atoms with Crippen molar-refractivity contribution in [2.45, 2.75) is 19.3 Å². The van der Waals surface area contributed by atoms with E-state index in [0.29, 0.717) is 78.2 Å². The number of carbonyl (C=O) groups is 3. The van der Waals surface area contributed by atoms with Crippen molar-refractivity contribution in [1.82, 2.24) is 65.5 Å². The van der Waals surface area contributed by atoms with E-state index < -0.39 is 0 Å². The molecular formula is C27H45N13O3. The van der Waals surface area contributed by atoms with Crippen molar-refractivity contribution in [3.8, 4) is 0 Å². The topological polar surface area (TPSA) is 180 Å². The van der Waals surface area contributed by atoms with Crippen LogP contribution in [-0.4, -0.2) is 111 Å². The molecule has 0 atom stereocenters. The van der Waals surface area contributed by atoms with Crippen molar-refractivity contribution in [2.75, 3.05) is 58.9 Å². The third kappa shape index (κ3) is 13.7. The number of urea groups is 3. The summed E-state index contributed by atoms with van der Waals surface area (Å²) in [6, 6.07) is -0.773. The number of hydrogen-bond donors (Lipinski definition) is 6. The van der Waals surface area contributed by atoms with Crippen LogP contribution in [0.1, 0.15) is 17.1 Å². The number of aromatic nitrogens is 6. The Morgan fingerprint density at radius 3 is 1.07 bits per heavy atom. The van der Waals surface area contributed by atoms with Crippen LogP contribution in [0.15, 0.2) is 37.6 Å². The number of nitrogens with one attached hydrogen (secondary N) is 6. The van der Waals surface area contributed by atoms with E-state index in [4.69, 9.17) is 0 Å². The summed E-state index contributed by atoms with van der Waals surface area (Å²) in [6.45, 7) is 4.27. The molecule has 6 N–H and O–H groups in total. The third-order valence-electron chi connectivity index (χ3n) is 6.42. The molecule has 0 saturated carbocycles. The van der Waals surface area contributed by atoms with Gasteiger partial charge in [-0.25, -0.2) is 29.3 Å². The van der Waals surface area contributed by atoms with Crippen LogP contribution < -0.4 is 31.9 Å². The molecule has 0 bridgehead atoms. The van der Waals surface area contributed by atoms with E-state index in [9.17, 15) is 14.4 Å². The van der Waals surface area contributed by atoms with Crippen LogP contribution in [-0.2, 0) is 40.4 Å². The highest BCUT2D eigenvalue weighted by atomic mass is 16.2. The molecule has 16 heteroatoms. The molecule has 0 aliphatic carbocycles. The average Bonchev–Trinajstić information content (AvgIpc) is 3.69. The van der Waals surface area contributed by atoms with Gasteiger partial charge in [-0.1, -0.05) is 0 Å². The minimum Gasteiger partial charge on any atom is -0.340 e. The number of amides is 6. The number of nitrogens with zero attached hydrogens (tertiary/aromatic N) is 7. The van der Waals surface area contributed by atoms with Gasteiger partial charge in [-0.05, 0) is 0 Å². The van der Waals surface area contributed by atoms with Crippen molar-refractivity contribution in [3.05, 3.63) is 54.7 Å². The number of imidazole rings is 3. The summed E-state index contributed by atoms with van der Waals surface area (Å²) in [5, 5.41) is 17.1. The maximum Gasteiger partial charge on any atom is 0.314 e. The Labute approximate surface area is 252 Å². The van der Waals surface area contributed by atoms with Crippen LogP contribution in [0.25, 0.3) is 0 Å². The van der Waals surface area contributed by atoms with Crippen LogP contribution >= 0.6 is 0 Å². The summed E-state index contributed by atoms with van der Waals surface area (Å²) in [5.41, 5.74) is 2.74. The van der Waals surface area contributed by atoms with Crippen LogP contribution in [0.4, 0.5) is 14.4 Å². The van der Waals surface area contributed by atoms with Gasteiger partial charge in [0.25, 0.3) is 0 Å². The minimum absolute atomic E-state index is 0.258. The first-order valence-corrected chi connectivity index (χ1v) is 14.4. The zero-order chi connectivity index (χ0) is 30.9. The third-order valence-corrected chi connectivity index (χ3v) is 6.42. The molecule has 0 fully saturated rings. The molecule has 0 aromatic carbocycles. The van der Waals surface area contributed by atoms with Gasteiger partial charge in [-0.15, -0.1) is 0 Å². The van der Waals surface area contributed by atoms with Gasteiger partial charge in [0.1, 0.15) is 0 Å². The maximum atomic E-state index is 12.2. The summed E-state index contributed by atoms with van der Waals surface area (Å²) in [7, 11) is 5.71. The smallest absolute Gasteiger partial charge is 0.314 e. The lowest BCUT2D eigenvalue weighted by atomic mass is 10.3. The maximum absolute atomic E-state index is 12.2. The largest absolute Gasteiger partial charge is 0.340 e. The molecule has 43 heavy (non-hydrogen) atoms. The van der Waals surface area contributed by atoms with Gasteiger partial charge in [0.05, 0.1) is 36.1 Å². The average molecular weight is 600 g/mol. The van der Waals surface area contributed by atoms with E-state index in [1.807, 2.05) is 53.4 Å². The van der Waals surface area contributed by atoms with Crippen LogP contribution in [0.3, 0.4) is 0 Å². The standard InChI is InChI=1S/C27H45N13O3/c1-37-16-22(34-19-37)4-7-28-25(41)31-10-13-40(14-11-32-26(42)29-8-5-23-17-38(2)20-35-23)15-12-33-27(43)30-9-6-24-18-39(3)21-36-24/h16-21H,4-15H2,1-3H3,(H2,28,31,41)(H2,29,32,42)(H2,30,33,43). The van der Waals surface area contributed by atoms with E-state index in [-0.39, 0.29) is 18.1 Å². The highest BCUT2D eigenvalue weighted by molar-refractivity contribution is 5.74. The Balaban J connectivity index is 1.33. The van der Waals surface area contributed by atoms with E-state index in [1.54, 1.807) is 19.0 Å². The van der Waals surface area contributed by atoms with Gasteiger partial charge >= 0.3 is 18.1 Å². The molecule has 0 saturated heterocycles. The lowest BCUT2D eigenvalue weighted by molar-refractivity contribution is 0.228. The molecular weight excluding hydrogens is 554 g/mol. The van der Waals surface area contributed by atoms with Crippen molar-refractivity contribution in [2.24, 2.45) is 21.1 Å². The van der Waals surface area contributed by atoms with Gasteiger partial charge in [0, 0.05) is 118 Å². The lowest BCUT2D eigenvalue weighted by Crippen LogP contribution is -2.46. The Morgan fingerprint density at radius 2 is 0.814 bits per heavy atom. The fraction of sp³-hybridized carbons (Fsp3) is 0.556. The van der Waals surface area contributed by atoms with Gasteiger partial charge in [-0.2, -0.15) is 0 Å². The highest BCUT2D eigenvalue weighted by Crippen LogP contribution is 1.96. The lowest BCUT2D eigenvalue weighted by Gasteiger charge is -2.23. The molecule has 3 rings (SSSR count). The molecule has 236 valence electrons. The van der Waals surface area contributed by atoms with Gasteiger partial charge in [0.2, 0.25) is 0 Å². The quantitative estimate of drug-likeness (QED) is 0.110. The first kappa shape index (κ1) is 32.9. The first-order chi connectivity index (χ1) is 20.8. The van der Waals surface area contributed by atoms with Gasteiger partial charge < -0.3 is 45.6 Å². The molecule has 0 radical (unpaired) electrons. The number of rotatable bonds is 18. The predicted octanol–water partition coefficient (Wildman–Crippen LogP) is -0.885. The Kier molecular flexibility index (Phi) is 13.8. The molecule has 3 heterocycles. The van der Waals surface area contributed by atoms with Crippen molar-refractivity contribution < 1.29 is 14.4 Å². The zero-order valence-corrected chi connectivity index (χ0v) is 25.3. The first-order valence-electron chi connectivity index (χ1n) is 14.4. The summed E-state index contributed by atoms with van der Waals surface area (Å²) >= 11 is 0. The number of carbonyl (C=O) groups excluding carboxylic acids is 3. The molecule has 0 aliphatic heterocycles. The summed E-state index contributed by atoms with van der Waals surface area (Å²) in [6.07, 6.45) is 12.9. The Morgan fingerprint density at radius 1 is 0.535 bits per heavy atom. The van der Waals surface area contributed by atoms with Crippen molar-refractivity contribution in [3.63, 3.8) is 0 Å². The molecule has 0 spiro atoms. The van der Waals surface area contributed by atoms with Crippen LogP contribution in [0.2, 0.25) is 0 Å². The molecule has 3 aromatic rings. The summed E-state index contributed by atoms with van der Waals surface area (Å²) < 4.78 is 5.60. The van der Waals surface area contributed by atoms with Crippen molar-refractivity contribution in [1.29, 1.82) is 0 Å². The summed E-state index contributed by atoms with van der Waals surface area (Å²) in [5.74, 6) is 0. The Bertz CT molecular complexity index is 1120. The number of aryl methyl sites for hydroxylation is 3. The van der Waals surface area contributed by atoms with E-state index >= 15 is 0 Å². The second kappa shape index (κ2) is 18.0. The second-order valence-electron chi connectivity index (χ2n) is 10.2. The fourth-order valence-corrected chi connectivity index (χ4v) is 4.21. The monoisotopic (exact) mass is 599 g/mol. The highest BCUT2D eigenvalue weighted by Gasteiger charge is 2.09.